The maximum Gasteiger partial charge on any atom is 0.247 e. The Labute approximate surface area is 116 Å². The van der Waals surface area contributed by atoms with E-state index in [0.29, 0.717) is 0 Å². The summed E-state index contributed by atoms with van der Waals surface area (Å²) in [5.41, 5.74) is 5.39. The number of nitrogen functional groups attached to an aromatic ring is 1. The van der Waals surface area contributed by atoms with Crippen LogP contribution < -0.4 is 10.5 Å². The number of imide groups is 1. The van der Waals surface area contributed by atoms with Crippen molar-refractivity contribution in [3.63, 3.8) is 0 Å². The summed E-state index contributed by atoms with van der Waals surface area (Å²) >= 11 is 0. The number of nitrogens with two attached hydrogens (primary N) is 1. The van der Waals surface area contributed by atoms with E-state index in [4.69, 9.17) is 5.73 Å². The molecule has 1 atom stereocenters. The van der Waals surface area contributed by atoms with Gasteiger partial charge >= 0.3 is 0 Å². The van der Waals surface area contributed by atoms with Gasteiger partial charge in [-0.15, -0.1) is 0 Å². The van der Waals surface area contributed by atoms with Crippen molar-refractivity contribution in [3.05, 3.63) is 18.3 Å². The number of piperidine rings is 1. The standard InChI is InChI=1S/C11H14N4O4S/c1-15-10(16)5-3-8(11(15)17)14-20(18,19)7-2-4-9(12)13-6-7/h2,4,6,8,14H,3,5H2,1H3,(H2,12,13). The van der Waals surface area contributed by atoms with Crippen molar-refractivity contribution in [2.24, 2.45) is 0 Å². The fourth-order valence-corrected chi connectivity index (χ4v) is 3.00. The monoisotopic (exact) mass is 298 g/mol. The van der Waals surface area contributed by atoms with Crippen molar-refractivity contribution in [3.8, 4) is 0 Å². The van der Waals surface area contributed by atoms with Gasteiger partial charge in [-0.3, -0.25) is 14.5 Å². The molecule has 9 heteroatoms. The minimum atomic E-state index is -3.88. The van der Waals surface area contributed by atoms with Crippen molar-refractivity contribution >= 4 is 27.7 Å². The van der Waals surface area contributed by atoms with E-state index in [9.17, 15) is 18.0 Å². The Morgan fingerprint density at radius 2 is 2.10 bits per heavy atom. The third-order valence-corrected chi connectivity index (χ3v) is 4.47. The first-order valence-electron chi connectivity index (χ1n) is 5.85. The van der Waals surface area contributed by atoms with E-state index in [2.05, 4.69) is 9.71 Å². The fourth-order valence-electron chi connectivity index (χ4n) is 1.83. The Kier molecular flexibility index (Phi) is 3.73. The Morgan fingerprint density at radius 3 is 2.70 bits per heavy atom. The van der Waals surface area contributed by atoms with Gasteiger partial charge in [-0.25, -0.2) is 13.4 Å². The number of aromatic nitrogens is 1. The van der Waals surface area contributed by atoms with E-state index < -0.39 is 22.0 Å². The molecule has 0 aromatic carbocycles. The molecular weight excluding hydrogens is 284 g/mol. The van der Waals surface area contributed by atoms with E-state index in [1.807, 2.05) is 0 Å². The molecule has 0 aliphatic carbocycles. The number of sulfonamides is 1. The third-order valence-electron chi connectivity index (χ3n) is 3.02. The molecular formula is C11H14N4O4S. The lowest BCUT2D eigenvalue weighted by Gasteiger charge is -2.27. The zero-order chi connectivity index (χ0) is 14.9. The first-order valence-corrected chi connectivity index (χ1v) is 7.34. The second kappa shape index (κ2) is 5.17. The number of rotatable bonds is 3. The number of likely N-dealkylation sites (N-methyl/N-ethyl adjacent to an activating group) is 1. The molecule has 20 heavy (non-hydrogen) atoms. The van der Waals surface area contributed by atoms with Crippen LogP contribution in [0.2, 0.25) is 0 Å². The second-order valence-corrected chi connectivity index (χ2v) is 6.14. The van der Waals surface area contributed by atoms with Crippen LogP contribution in [-0.2, 0) is 19.6 Å². The van der Waals surface area contributed by atoms with Crippen LogP contribution in [0.3, 0.4) is 0 Å². The first kappa shape index (κ1) is 14.4. The molecule has 0 bridgehead atoms. The van der Waals surface area contributed by atoms with Gasteiger partial charge in [-0.05, 0) is 18.6 Å². The molecule has 8 nitrogen and oxygen atoms in total. The Bertz CT molecular complexity index is 641. The molecule has 1 fully saturated rings. The predicted molar refractivity (Wildman–Crippen MR) is 69.8 cm³/mol. The number of anilines is 1. The molecule has 1 unspecified atom stereocenters. The molecule has 1 saturated heterocycles. The molecule has 0 spiro atoms. The Hall–Kier alpha value is -2.00. The quantitative estimate of drug-likeness (QED) is 0.696. The van der Waals surface area contributed by atoms with E-state index in [0.717, 1.165) is 11.1 Å². The zero-order valence-electron chi connectivity index (χ0n) is 10.7. The van der Waals surface area contributed by atoms with Gasteiger partial charge in [-0.2, -0.15) is 4.72 Å². The number of hydrogen-bond donors (Lipinski definition) is 2. The fraction of sp³-hybridized carbons (Fsp3) is 0.364. The van der Waals surface area contributed by atoms with Crippen LogP contribution >= 0.6 is 0 Å². The van der Waals surface area contributed by atoms with E-state index in [-0.39, 0.29) is 29.5 Å². The number of nitrogens with zero attached hydrogens (tertiary/aromatic N) is 2. The molecule has 2 heterocycles. The average Bonchev–Trinajstić information content (AvgIpc) is 2.40. The lowest BCUT2D eigenvalue weighted by molar-refractivity contribution is -0.147. The van der Waals surface area contributed by atoms with Crippen LogP contribution in [0, 0.1) is 0 Å². The number of pyridine rings is 1. The average molecular weight is 298 g/mol. The van der Waals surface area contributed by atoms with Gasteiger partial charge in [0.2, 0.25) is 21.8 Å². The number of carbonyl (C=O) groups is 2. The number of carbonyl (C=O) groups excluding carboxylic acids is 2. The second-order valence-electron chi connectivity index (χ2n) is 4.42. The predicted octanol–water partition coefficient (Wildman–Crippen LogP) is -0.910. The molecule has 2 amide bonds. The summed E-state index contributed by atoms with van der Waals surface area (Å²) in [6.07, 6.45) is 1.37. The van der Waals surface area contributed by atoms with Crippen LogP contribution in [0.4, 0.5) is 5.82 Å². The number of likely N-dealkylation sites (tertiary alicyclic amines) is 1. The third kappa shape index (κ3) is 2.78. The van der Waals surface area contributed by atoms with Crippen LogP contribution in [0.15, 0.2) is 23.2 Å². The Balaban J connectivity index is 2.18. The minimum absolute atomic E-state index is 0.0842. The van der Waals surface area contributed by atoms with Crippen molar-refractivity contribution in [2.75, 3.05) is 12.8 Å². The van der Waals surface area contributed by atoms with Gasteiger partial charge in [0.1, 0.15) is 16.8 Å². The number of hydrogen-bond acceptors (Lipinski definition) is 6. The van der Waals surface area contributed by atoms with Crippen molar-refractivity contribution in [1.82, 2.24) is 14.6 Å². The topological polar surface area (TPSA) is 122 Å². The highest BCUT2D eigenvalue weighted by Gasteiger charge is 2.34. The van der Waals surface area contributed by atoms with Gasteiger partial charge in [0, 0.05) is 19.7 Å². The summed E-state index contributed by atoms with van der Waals surface area (Å²) in [6, 6.07) is 1.71. The van der Waals surface area contributed by atoms with Crippen LogP contribution in [0.1, 0.15) is 12.8 Å². The van der Waals surface area contributed by atoms with Gasteiger partial charge < -0.3 is 5.73 Å². The molecule has 0 saturated carbocycles. The smallest absolute Gasteiger partial charge is 0.247 e. The normalized spacial score (nSPS) is 20.2. The molecule has 108 valence electrons. The molecule has 1 aliphatic rings. The summed E-state index contributed by atoms with van der Waals surface area (Å²) in [4.78, 5) is 27.7. The summed E-state index contributed by atoms with van der Waals surface area (Å²) in [5, 5.41) is 0. The van der Waals surface area contributed by atoms with Gasteiger partial charge in [0.25, 0.3) is 0 Å². The summed E-state index contributed by atoms with van der Waals surface area (Å²) in [7, 11) is -2.55. The number of amides is 2. The van der Waals surface area contributed by atoms with E-state index in [1.165, 1.54) is 19.2 Å². The molecule has 3 N–H and O–H groups in total. The molecule has 0 radical (unpaired) electrons. The van der Waals surface area contributed by atoms with E-state index in [1.54, 1.807) is 0 Å². The van der Waals surface area contributed by atoms with Crippen molar-refractivity contribution < 1.29 is 18.0 Å². The van der Waals surface area contributed by atoms with Crippen molar-refractivity contribution in [1.29, 1.82) is 0 Å². The number of nitrogens with one attached hydrogen (secondary N) is 1. The molecule has 1 aromatic heterocycles. The van der Waals surface area contributed by atoms with Crippen LogP contribution in [-0.4, -0.2) is 43.2 Å². The maximum atomic E-state index is 12.1. The lowest BCUT2D eigenvalue weighted by atomic mass is 10.1. The summed E-state index contributed by atoms with van der Waals surface area (Å²) in [5.74, 6) is -0.684. The lowest BCUT2D eigenvalue weighted by Crippen LogP contribution is -2.52. The Morgan fingerprint density at radius 1 is 1.40 bits per heavy atom. The van der Waals surface area contributed by atoms with Gasteiger partial charge in [-0.1, -0.05) is 0 Å². The summed E-state index contributed by atoms with van der Waals surface area (Å²) in [6.45, 7) is 0. The van der Waals surface area contributed by atoms with E-state index >= 15 is 0 Å². The minimum Gasteiger partial charge on any atom is -0.384 e. The van der Waals surface area contributed by atoms with Crippen LogP contribution in [0.5, 0.6) is 0 Å². The zero-order valence-corrected chi connectivity index (χ0v) is 11.6. The molecule has 2 rings (SSSR count). The highest BCUT2D eigenvalue weighted by molar-refractivity contribution is 7.89. The summed E-state index contributed by atoms with van der Waals surface area (Å²) < 4.78 is 26.5. The highest BCUT2D eigenvalue weighted by atomic mass is 32.2. The SMILES string of the molecule is CN1C(=O)CCC(NS(=O)(=O)c2ccc(N)nc2)C1=O. The highest BCUT2D eigenvalue weighted by Crippen LogP contribution is 2.15. The van der Waals surface area contributed by atoms with Gasteiger partial charge in [0.15, 0.2) is 0 Å². The molecule has 1 aromatic rings. The molecule has 1 aliphatic heterocycles. The van der Waals surface area contributed by atoms with Crippen molar-refractivity contribution in [2.45, 2.75) is 23.8 Å². The van der Waals surface area contributed by atoms with Gasteiger partial charge in [0.05, 0.1) is 0 Å². The largest absolute Gasteiger partial charge is 0.384 e. The maximum absolute atomic E-state index is 12.1. The first-order chi connectivity index (χ1) is 9.31. The van der Waals surface area contributed by atoms with Crippen LogP contribution in [0.25, 0.3) is 0 Å².